The van der Waals surface area contributed by atoms with Crippen molar-refractivity contribution < 1.29 is 14.3 Å². The summed E-state index contributed by atoms with van der Waals surface area (Å²) in [5, 5.41) is -0.508. The van der Waals surface area contributed by atoms with E-state index in [2.05, 4.69) is 0 Å². The minimum Gasteiger partial charge on any atom is -0.372 e. The van der Waals surface area contributed by atoms with Gasteiger partial charge in [-0.3, -0.25) is 4.79 Å². The fraction of sp³-hybridized carbons (Fsp3) is 0.667. The molecule has 0 aromatic heterocycles. The van der Waals surface area contributed by atoms with Crippen LogP contribution in [-0.4, -0.2) is 24.7 Å². The van der Waals surface area contributed by atoms with E-state index in [1.54, 1.807) is 0 Å². The zero-order valence-corrected chi connectivity index (χ0v) is 6.26. The van der Waals surface area contributed by atoms with Gasteiger partial charge in [0, 0.05) is 13.0 Å². The fourth-order valence-corrected chi connectivity index (χ4v) is 0.498. The first-order chi connectivity index (χ1) is 4.77. The van der Waals surface area contributed by atoms with Crippen molar-refractivity contribution in [1.29, 1.82) is 0 Å². The molecule has 0 saturated carbocycles. The predicted octanol–water partition coefficient (Wildman–Crippen LogP) is 0.748. The number of carbonyl (C=O) groups excluding carboxylic acids is 2. The van der Waals surface area contributed by atoms with Crippen molar-refractivity contribution in [3.8, 4) is 0 Å². The molecule has 0 fully saturated rings. The maximum Gasteiger partial charge on any atom is 0.247 e. The highest BCUT2D eigenvalue weighted by molar-refractivity contribution is 6.63. The number of ether oxygens (including phenoxy) is 1. The monoisotopic (exact) mass is 164 g/mol. The van der Waals surface area contributed by atoms with E-state index < -0.39 is 5.24 Å². The number of aldehydes is 1. The number of hydrogen-bond donors (Lipinski definition) is 0. The second kappa shape index (κ2) is 6.71. The second-order valence-corrected chi connectivity index (χ2v) is 2.14. The molecule has 0 heterocycles. The first kappa shape index (κ1) is 9.59. The number of rotatable bonds is 6. The maximum absolute atomic E-state index is 10.0. The SMILES string of the molecule is O=CCCCOCC(=O)Cl. The summed E-state index contributed by atoms with van der Waals surface area (Å²) < 4.78 is 4.76. The normalized spacial score (nSPS) is 9.30. The third-order valence-electron chi connectivity index (χ3n) is 0.826. The van der Waals surface area contributed by atoms with Crippen LogP contribution in [-0.2, 0) is 14.3 Å². The van der Waals surface area contributed by atoms with E-state index in [0.29, 0.717) is 19.4 Å². The Balaban J connectivity index is 2.90. The Bertz CT molecular complexity index is 114. The Labute approximate surface area is 64.3 Å². The molecule has 0 aliphatic rings. The van der Waals surface area contributed by atoms with Gasteiger partial charge in [0.1, 0.15) is 12.9 Å². The van der Waals surface area contributed by atoms with Gasteiger partial charge < -0.3 is 9.53 Å². The van der Waals surface area contributed by atoms with Crippen molar-refractivity contribution in [2.75, 3.05) is 13.2 Å². The molecule has 0 rings (SSSR count). The molecule has 0 aliphatic heterocycles. The van der Waals surface area contributed by atoms with Gasteiger partial charge in [0.25, 0.3) is 0 Å². The molecule has 0 amide bonds. The Kier molecular flexibility index (Phi) is 6.43. The lowest BCUT2D eigenvalue weighted by atomic mass is 10.3. The quantitative estimate of drug-likeness (QED) is 0.331. The Morgan fingerprint density at radius 1 is 1.60 bits per heavy atom. The molecule has 0 bridgehead atoms. The smallest absolute Gasteiger partial charge is 0.247 e. The van der Waals surface area contributed by atoms with E-state index >= 15 is 0 Å². The summed E-state index contributed by atoms with van der Waals surface area (Å²) in [4.78, 5) is 19.8. The molecule has 4 heteroatoms. The van der Waals surface area contributed by atoms with Crippen LogP contribution >= 0.6 is 11.6 Å². The third kappa shape index (κ3) is 7.59. The average molecular weight is 165 g/mol. The summed E-state index contributed by atoms with van der Waals surface area (Å²) in [6.07, 6.45) is 1.93. The van der Waals surface area contributed by atoms with Crippen molar-refractivity contribution >= 4 is 23.1 Å². The lowest BCUT2D eigenvalue weighted by molar-refractivity contribution is -0.115. The van der Waals surface area contributed by atoms with Gasteiger partial charge in [-0.15, -0.1) is 0 Å². The van der Waals surface area contributed by atoms with E-state index in [0.717, 1.165) is 6.29 Å². The summed E-state index contributed by atoms with van der Waals surface area (Å²) in [7, 11) is 0. The average Bonchev–Trinajstić information content (AvgIpc) is 1.87. The van der Waals surface area contributed by atoms with Crippen molar-refractivity contribution in [3.05, 3.63) is 0 Å². The zero-order chi connectivity index (χ0) is 7.82. The van der Waals surface area contributed by atoms with Gasteiger partial charge in [0.2, 0.25) is 5.24 Å². The van der Waals surface area contributed by atoms with Crippen molar-refractivity contribution in [3.63, 3.8) is 0 Å². The van der Waals surface area contributed by atoms with Crippen LogP contribution in [0, 0.1) is 0 Å². The van der Waals surface area contributed by atoms with E-state index in [9.17, 15) is 9.59 Å². The fourth-order valence-electron chi connectivity index (χ4n) is 0.421. The summed E-state index contributed by atoms with van der Waals surface area (Å²) in [5.74, 6) is 0. The van der Waals surface area contributed by atoms with Crippen LogP contribution in [0.25, 0.3) is 0 Å². The van der Waals surface area contributed by atoms with Gasteiger partial charge >= 0.3 is 0 Å². The van der Waals surface area contributed by atoms with Crippen LogP contribution in [0.4, 0.5) is 0 Å². The largest absolute Gasteiger partial charge is 0.372 e. The minimum absolute atomic E-state index is 0.0690. The van der Waals surface area contributed by atoms with E-state index in [1.165, 1.54) is 0 Å². The first-order valence-corrected chi connectivity index (χ1v) is 3.35. The Hall–Kier alpha value is -0.410. The van der Waals surface area contributed by atoms with Gasteiger partial charge in [-0.1, -0.05) is 0 Å². The molecule has 10 heavy (non-hydrogen) atoms. The van der Waals surface area contributed by atoms with Crippen LogP contribution in [0.5, 0.6) is 0 Å². The van der Waals surface area contributed by atoms with Gasteiger partial charge in [-0.25, -0.2) is 0 Å². The van der Waals surface area contributed by atoms with Gasteiger partial charge in [-0.2, -0.15) is 0 Å². The van der Waals surface area contributed by atoms with Crippen LogP contribution in [0.3, 0.4) is 0 Å². The molecule has 0 aromatic rings. The van der Waals surface area contributed by atoms with E-state index in [1.807, 2.05) is 0 Å². The number of carbonyl (C=O) groups is 2. The minimum atomic E-state index is -0.508. The molecular formula is C6H9ClO3. The standard InChI is InChI=1S/C6H9ClO3/c7-6(9)5-10-4-2-1-3-8/h3H,1-2,4-5H2. The zero-order valence-electron chi connectivity index (χ0n) is 5.51. The molecule has 0 spiro atoms. The summed E-state index contributed by atoms with van der Waals surface area (Å²) >= 11 is 4.96. The molecule has 0 radical (unpaired) electrons. The van der Waals surface area contributed by atoms with Gasteiger partial charge in [0.05, 0.1) is 0 Å². The van der Waals surface area contributed by atoms with Crippen molar-refractivity contribution in [2.45, 2.75) is 12.8 Å². The Morgan fingerprint density at radius 3 is 2.80 bits per heavy atom. The maximum atomic E-state index is 10.0. The molecule has 0 aromatic carbocycles. The van der Waals surface area contributed by atoms with Crippen LogP contribution in [0.2, 0.25) is 0 Å². The summed E-state index contributed by atoms with van der Waals surface area (Å²) in [5.41, 5.74) is 0. The number of hydrogen-bond acceptors (Lipinski definition) is 3. The third-order valence-corrected chi connectivity index (χ3v) is 0.935. The highest BCUT2D eigenvalue weighted by Crippen LogP contribution is 1.88. The molecule has 0 unspecified atom stereocenters. The predicted molar refractivity (Wildman–Crippen MR) is 37.0 cm³/mol. The van der Waals surface area contributed by atoms with Crippen LogP contribution in [0.15, 0.2) is 0 Å². The van der Waals surface area contributed by atoms with E-state index in [4.69, 9.17) is 16.3 Å². The molecule has 0 saturated heterocycles. The lowest BCUT2D eigenvalue weighted by Gasteiger charge is -1.96. The van der Waals surface area contributed by atoms with Gasteiger partial charge in [-0.05, 0) is 18.0 Å². The molecule has 3 nitrogen and oxygen atoms in total. The molecule has 0 N–H and O–H groups in total. The van der Waals surface area contributed by atoms with Crippen LogP contribution < -0.4 is 0 Å². The topological polar surface area (TPSA) is 43.4 Å². The first-order valence-electron chi connectivity index (χ1n) is 2.97. The number of halogens is 1. The lowest BCUT2D eigenvalue weighted by Crippen LogP contribution is -2.02. The number of unbranched alkanes of at least 4 members (excludes halogenated alkanes) is 1. The molecule has 58 valence electrons. The van der Waals surface area contributed by atoms with Gasteiger partial charge in [0.15, 0.2) is 0 Å². The van der Waals surface area contributed by atoms with Crippen LogP contribution in [0.1, 0.15) is 12.8 Å². The highest BCUT2D eigenvalue weighted by atomic mass is 35.5. The second-order valence-electron chi connectivity index (χ2n) is 1.72. The van der Waals surface area contributed by atoms with Crippen molar-refractivity contribution in [2.24, 2.45) is 0 Å². The molecule has 0 aliphatic carbocycles. The molecular weight excluding hydrogens is 156 g/mol. The highest BCUT2D eigenvalue weighted by Gasteiger charge is 1.93. The van der Waals surface area contributed by atoms with Crippen molar-refractivity contribution in [1.82, 2.24) is 0 Å². The Morgan fingerprint density at radius 2 is 2.30 bits per heavy atom. The van der Waals surface area contributed by atoms with E-state index in [-0.39, 0.29) is 6.61 Å². The summed E-state index contributed by atoms with van der Waals surface area (Å²) in [6.45, 7) is 0.345. The summed E-state index contributed by atoms with van der Waals surface area (Å²) in [6, 6.07) is 0. The molecule has 0 atom stereocenters.